The quantitative estimate of drug-likeness (QED) is 0.407. The number of fused-ring (bicyclic) bond motifs is 1. The lowest BCUT2D eigenvalue weighted by Gasteiger charge is -2.16. The molecule has 0 aliphatic carbocycles. The van der Waals surface area contributed by atoms with Crippen LogP contribution >= 0.6 is 0 Å². The van der Waals surface area contributed by atoms with Gasteiger partial charge in [0.15, 0.2) is 5.65 Å². The van der Waals surface area contributed by atoms with Crippen molar-refractivity contribution in [2.24, 2.45) is 0 Å². The number of aromatic nitrogens is 6. The third-order valence-corrected chi connectivity index (χ3v) is 5.64. The number of carbonyl (C=O) groups excluding carboxylic acids is 1. The highest BCUT2D eigenvalue weighted by Gasteiger charge is 2.22. The number of para-hydroxylation sites is 1. The smallest absolute Gasteiger partial charge is 0.263 e. The van der Waals surface area contributed by atoms with Gasteiger partial charge in [0.05, 0.1) is 23.5 Å². The molecular formula is C25H23N7O2. The van der Waals surface area contributed by atoms with Crippen molar-refractivity contribution in [2.45, 2.75) is 26.2 Å². The van der Waals surface area contributed by atoms with Crippen LogP contribution < -0.4 is 10.9 Å². The van der Waals surface area contributed by atoms with Crippen LogP contribution in [0.2, 0.25) is 0 Å². The van der Waals surface area contributed by atoms with Gasteiger partial charge in [-0.3, -0.25) is 14.6 Å². The van der Waals surface area contributed by atoms with E-state index in [1.807, 2.05) is 74.5 Å². The molecule has 2 aromatic carbocycles. The number of nitrogens with zero attached hydrogens (tertiary/aromatic N) is 5. The van der Waals surface area contributed by atoms with E-state index in [4.69, 9.17) is 0 Å². The summed E-state index contributed by atoms with van der Waals surface area (Å²) in [6, 6.07) is 20.8. The molecule has 34 heavy (non-hydrogen) atoms. The van der Waals surface area contributed by atoms with Gasteiger partial charge < -0.3 is 5.32 Å². The Labute approximate surface area is 195 Å². The molecule has 0 aliphatic rings. The molecule has 2 N–H and O–H groups in total. The number of carbonyl (C=O) groups is 1. The maximum Gasteiger partial charge on any atom is 0.263 e. The Bertz CT molecular complexity index is 1520. The SMILES string of the molecule is CC[C@H](C(=O)Nc1cc(C)nn1-c1nc2c(cnn2-c2ccccc2)c(=O)[nH]1)c1ccccc1. The Hall–Kier alpha value is -4.53. The first-order chi connectivity index (χ1) is 16.5. The van der Waals surface area contributed by atoms with Gasteiger partial charge in [0.1, 0.15) is 11.2 Å². The zero-order valence-corrected chi connectivity index (χ0v) is 18.8. The van der Waals surface area contributed by atoms with Gasteiger partial charge in [0.25, 0.3) is 5.56 Å². The molecule has 5 aromatic rings. The average Bonchev–Trinajstić information content (AvgIpc) is 3.44. The number of nitrogens with one attached hydrogen (secondary N) is 2. The van der Waals surface area contributed by atoms with Crippen LogP contribution in [-0.2, 0) is 4.79 Å². The predicted octanol–water partition coefficient (Wildman–Crippen LogP) is 3.74. The van der Waals surface area contributed by atoms with Crippen molar-refractivity contribution in [3.8, 4) is 11.6 Å². The Morgan fingerprint density at radius 2 is 1.76 bits per heavy atom. The summed E-state index contributed by atoms with van der Waals surface area (Å²) in [6.45, 7) is 3.78. The topological polar surface area (TPSA) is 110 Å². The second-order valence-electron chi connectivity index (χ2n) is 7.96. The number of anilines is 1. The normalized spacial score (nSPS) is 12.1. The summed E-state index contributed by atoms with van der Waals surface area (Å²) in [5.74, 6) is 0.128. The largest absolute Gasteiger partial charge is 0.310 e. The molecule has 3 heterocycles. The van der Waals surface area contributed by atoms with Crippen molar-refractivity contribution in [2.75, 3.05) is 5.32 Å². The number of aromatic amines is 1. The number of H-pyrrole nitrogens is 1. The minimum absolute atomic E-state index is 0.160. The third-order valence-electron chi connectivity index (χ3n) is 5.64. The van der Waals surface area contributed by atoms with Gasteiger partial charge >= 0.3 is 0 Å². The molecule has 0 radical (unpaired) electrons. The van der Waals surface area contributed by atoms with Crippen LogP contribution in [0.1, 0.15) is 30.5 Å². The summed E-state index contributed by atoms with van der Waals surface area (Å²) in [7, 11) is 0. The molecule has 0 saturated heterocycles. The fourth-order valence-electron chi connectivity index (χ4n) is 3.99. The highest BCUT2D eigenvalue weighted by atomic mass is 16.2. The molecule has 1 atom stereocenters. The van der Waals surface area contributed by atoms with Crippen molar-refractivity contribution in [3.05, 3.63) is 94.5 Å². The average molecular weight is 454 g/mol. The summed E-state index contributed by atoms with van der Waals surface area (Å²) in [5, 5.41) is 12.1. The first kappa shape index (κ1) is 21.3. The van der Waals surface area contributed by atoms with Gasteiger partial charge in [-0.2, -0.15) is 19.9 Å². The van der Waals surface area contributed by atoms with Gasteiger partial charge in [-0.05, 0) is 31.0 Å². The summed E-state index contributed by atoms with van der Waals surface area (Å²) in [4.78, 5) is 33.4. The van der Waals surface area contributed by atoms with Crippen molar-refractivity contribution in [1.29, 1.82) is 0 Å². The molecule has 170 valence electrons. The highest BCUT2D eigenvalue weighted by Crippen LogP contribution is 2.23. The number of hydrogen-bond acceptors (Lipinski definition) is 5. The molecule has 0 unspecified atom stereocenters. The summed E-state index contributed by atoms with van der Waals surface area (Å²) >= 11 is 0. The first-order valence-electron chi connectivity index (χ1n) is 11.0. The van der Waals surface area contributed by atoms with E-state index in [9.17, 15) is 9.59 Å². The maximum absolute atomic E-state index is 13.2. The molecule has 0 bridgehead atoms. The van der Waals surface area contributed by atoms with Crippen LogP contribution in [0.15, 0.2) is 77.7 Å². The Balaban J connectivity index is 1.55. The van der Waals surface area contributed by atoms with E-state index < -0.39 is 0 Å². The van der Waals surface area contributed by atoms with Crippen molar-refractivity contribution >= 4 is 22.8 Å². The molecule has 0 spiro atoms. The lowest BCUT2D eigenvalue weighted by molar-refractivity contribution is -0.117. The molecule has 5 rings (SSSR count). The zero-order chi connectivity index (χ0) is 23.7. The zero-order valence-electron chi connectivity index (χ0n) is 18.8. The third kappa shape index (κ3) is 3.88. The summed E-state index contributed by atoms with van der Waals surface area (Å²) in [6.07, 6.45) is 2.13. The predicted molar refractivity (Wildman–Crippen MR) is 129 cm³/mol. The maximum atomic E-state index is 13.2. The number of aryl methyl sites for hydroxylation is 1. The number of rotatable bonds is 6. The minimum atomic E-state index is -0.344. The fraction of sp³-hybridized carbons (Fsp3) is 0.160. The van der Waals surface area contributed by atoms with Crippen molar-refractivity contribution < 1.29 is 4.79 Å². The monoisotopic (exact) mass is 453 g/mol. The summed E-state index contributed by atoms with van der Waals surface area (Å²) in [5.41, 5.74) is 2.43. The standard InChI is InChI=1S/C25H23N7O2/c1-3-19(17-10-6-4-7-11-17)23(33)27-21-14-16(2)30-32(21)25-28-22-20(24(34)29-25)15-26-31(22)18-12-8-5-9-13-18/h4-15,19H,3H2,1-2H3,(H,27,33)(H,28,29,34)/t19-/m0/s1. The van der Waals surface area contributed by atoms with E-state index in [0.717, 1.165) is 11.3 Å². The number of benzene rings is 2. The van der Waals surface area contributed by atoms with E-state index >= 15 is 0 Å². The molecule has 9 nitrogen and oxygen atoms in total. The van der Waals surface area contributed by atoms with Gasteiger partial charge in [0.2, 0.25) is 11.9 Å². The highest BCUT2D eigenvalue weighted by molar-refractivity contribution is 5.95. The van der Waals surface area contributed by atoms with E-state index in [2.05, 4.69) is 25.5 Å². The van der Waals surface area contributed by atoms with Crippen molar-refractivity contribution in [1.82, 2.24) is 29.5 Å². The van der Waals surface area contributed by atoms with Crippen LogP contribution in [-0.4, -0.2) is 35.4 Å². The number of hydrogen-bond donors (Lipinski definition) is 2. The van der Waals surface area contributed by atoms with Crippen LogP contribution in [0, 0.1) is 6.92 Å². The van der Waals surface area contributed by atoms with E-state index in [1.165, 1.54) is 10.9 Å². The van der Waals surface area contributed by atoms with Crippen molar-refractivity contribution in [3.63, 3.8) is 0 Å². The molecule has 9 heteroatoms. The van der Waals surface area contributed by atoms with E-state index in [0.29, 0.717) is 29.0 Å². The Morgan fingerprint density at radius 3 is 2.47 bits per heavy atom. The van der Waals surface area contributed by atoms with Crippen LogP contribution in [0.25, 0.3) is 22.7 Å². The molecule has 1 amide bonds. The second-order valence-corrected chi connectivity index (χ2v) is 7.96. The van der Waals surface area contributed by atoms with Crippen LogP contribution in [0.3, 0.4) is 0 Å². The Morgan fingerprint density at radius 1 is 1.06 bits per heavy atom. The van der Waals surface area contributed by atoms with E-state index in [-0.39, 0.29) is 23.3 Å². The molecule has 3 aromatic heterocycles. The molecule has 0 saturated carbocycles. The molecular weight excluding hydrogens is 430 g/mol. The van der Waals surface area contributed by atoms with Crippen LogP contribution in [0.5, 0.6) is 0 Å². The van der Waals surface area contributed by atoms with Gasteiger partial charge in [-0.15, -0.1) is 0 Å². The lowest BCUT2D eigenvalue weighted by atomic mass is 9.96. The summed E-state index contributed by atoms with van der Waals surface area (Å²) < 4.78 is 3.04. The lowest BCUT2D eigenvalue weighted by Crippen LogP contribution is -2.23. The van der Waals surface area contributed by atoms with E-state index in [1.54, 1.807) is 10.7 Å². The van der Waals surface area contributed by atoms with Gasteiger partial charge in [-0.25, -0.2) is 4.68 Å². The first-order valence-corrected chi connectivity index (χ1v) is 11.0. The fourth-order valence-corrected chi connectivity index (χ4v) is 3.99. The van der Waals surface area contributed by atoms with Gasteiger partial charge in [-0.1, -0.05) is 55.5 Å². The molecule has 0 aliphatic heterocycles. The number of amides is 1. The Kier molecular flexibility index (Phi) is 5.51. The minimum Gasteiger partial charge on any atom is -0.310 e. The van der Waals surface area contributed by atoms with Gasteiger partial charge in [0, 0.05) is 6.07 Å². The van der Waals surface area contributed by atoms with Crippen LogP contribution in [0.4, 0.5) is 5.82 Å². The molecule has 0 fully saturated rings. The second kappa shape index (κ2) is 8.78.